The van der Waals surface area contributed by atoms with Crippen LogP contribution < -0.4 is 10.5 Å². The summed E-state index contributed by atoms with van der Waals surface area (Å²) in [5, 5.41) is 5.12. The molecule has 0 aromatic carbocycles. The van der Waals surface area contributed by atoms with E-state index in [0.717, 1.165) is 6.42 Å². The van der Waals surface area contributed by atoms with Crippen molar-refractivity contribution < 1.29 is 9.59 Å². The molecule has 0 aromatic rings. The number of carbonyl (C=O) groups is 2. The Balaban J connectivity index is 3.73. The minimum Gasteiger partial charge on any atom is -0.383 e. The fourth-order valence-electron chi connectivity index (χ4n) is 1.28. The van der Waals surface area contributed by atoms with Gasteiger partial charge in [0.2, 0.25) is 11.8 Å². The fraction of sp³-hybridized carbons (Fsp3) is 0.600. The van der Waals surface area contributed by atoms with E-state index in [2.05, 4.69) is 30.9 Å². The van der Waals surface area contributed by atoms with E-state index in [9.17, 15) is 9.59 Å². The molecule has 1 atom stereocenters. The zero-order valence-electron chi connectivity index (χ0n) is 9.67. The van der Waals surface area contributed by atoms with Crippen LogP contribution in [0.2, 0.25) is 0 Å². The van der Waals surface area contributed by atoms with Crippen molar-refractivity contribution in [2.45, 2.75) is 27.2 Å². The van der Waals surface area contributed by atoms with E-state index in [1.54, 1.807) is 0 Å². The van der Waals surface area contributed by atoms with E-state index < -0.39 is 0 Å². The van der Waals surface area contributed by atoms with E-state index in [-0.39, 0.29) is 25.3 Å². The molecule has 0 radical (unpaired) electrons. The summed E-state index contributed by atoms with van der Waals surface area (Å²) in [6, 6.07) is 0. The molecule has 2 amide bonds. The van der Waals surface area contributed by atoms with Crippen LogP contribution in [0.15, 0.2) is 12.7 Å². The molecule has 0 aromatic heterocycles. The fourth-order valence-corrected chi connectivity index (χ4v) is 1.28. The van der Waals surface area contributed by atoms with Gasteiger partial charge in [-0.05, 0) is 18.4 Å². The third-order valence-corrected chi connectivity index (χ3v) is 1.98. The molecule has 2 N–H and O–H groups in total. The third kappa shape index (κ3) is 6.77. The van der Waals surface area contributed by atoms with Gasteiger partial charge in [0.25, 0.3) is 0 Å². The summed E-state index contributed by atoms with van der Waals surface area (Å²) >= 11 is 0. The lowest BCUT2D eigenvalue weighted by atomic mass is 9.97. The van der Waals surface area contributed by atoms with Gasteiger partial charge in [-0.3, -0.25) is 9.59 Å². The van der Waals surface area contributed by atoms with Crippen LogP contribution >= 0.6 is 0 Å². The second-order valence-electron chi connectivity index (χ2n) is 3.99. The predicted octanol–water partition coefficient (Wildman–Crippen LogP) is 0.353. The highest BCUT2D eigenvalue weighted by atomic mass is 16.2. The van der Waals surface area contributed by atoms with E-state index in [4.69, 9.17) is 0 Å². The standard InChI is InChI=1S/C10H19BN2O2/c1-5-9(14)12-11-13-10(15)8(4)6-7(2)3/h5,7-8,11H,1,6H2,2-4H3,(H,12,14)(H,13,15). The summed E-state index contributed by atoms with van der Waals surface area (Å²) < 4.78 is 0. The smallest absolute Gasteiger partial charge is 0.356 e. The Kier molecular flexibility index (Phi) is 6.50. The Bertz CT molecular complexity index is 242. The topological polar surface area (TPSA) is 58.2 Å². The molecular formula is C10H19BN2O2. The molecule has 0 aliphatic carbocycles. The van der Waals surface area contributed by atoms with Gasteiger partial charge in [0.1, 0.15) is 0 Å². The van der Waals surface area contributed by atoms with E-state index in [0.29, 0.717) is 5.92 Å². The molecule has 0 rings (SSSR count). The van der Waals surface area contributed by atoms with Gasteiger partial charge < -0.3 is 10.5 Å². The average Bonchev–Trinajstić information content (AvgIpc) is 2.16. The van der Waals surface area contributed by atoms with Gasteiger partial charge in [-0.1, -0.05) is 27.4 Å². The summed E-state index contributed by atoms with van der Waals surface area (Å²) in [6.45, 7) is 9.33. The highest BCUT2D eigenvalue weighted by molar-refractivity contribution is 6.39. The molecule has 0 aliphatic rings. The molecule has 0 saturated heterocycles. The van der Waals surface area contributed by atoms with Crippen LogP contribution in [0, 0.1) is 11.8 Å². The van der Waals surface area contributed by atoms with Crippen molar-refractivity contribution in [3.05, 3.63) is 12.7 Å². The van der Waals surface area contributed by atoms with Gasteiger partial charge in [-0.2, -0.15) is 0 Å². The molecule has 84 valence electrons. The molecule has 0 bridgehead atoms. The van der Waals surface area contributed by atoms with Crippen molar-refractivity contribution >= 4 is 19.4 Å². The van der Waals surface area contributed by atoms with Gasteiger partial charge in [0.05, 0.1) is 0 Å². The average molecular weight is 210 g/mol. The number of nitrogens with one attached hydrogen (secondary N) is 2. The first-order valence-corrected chi connectivity index (χ1v) is 5.15. The summed E-state index contributed by atoms with van der Waals surface area (Å²) in [6.07, 6.45) is 2.02. The van der Waals surface area contributed by atoms with Crippen molar-refractivity contribution in [2.75, 3.05) is 0 Å². The SMILES string of the molecule is C=CC(=O)NBNC(=O)C(C)CC(C)C. The van der Waals surface area contributed by atoms with Crippen molar-refractivity contribution in [2.24, 2.45) is 11.8 Å². The maximum absolute atomic E-state index is 11.5. The largest absolute Gasteiger partial charge is 0.383 e. The van der Waals surface area contributed by atoms with Gasteiger partial charge in [-0.15, -0.1) is 0 Å². The van der Waals surface area contributed by atoms with Crippen molar-refractivity contribution in [3.8, 4) is 0 Å². The van der Waals surface area contributed by atoms with E-state index in [1.165, 1.54) is 6.08 Å². The second-order valence-corrected chi connectivity index (χ2v) is 3.99. The quantitative estimate of drug-likeness (QED) is 0.491. The zero-order chi connectivity index (χ0) is 11.8. The monoisotopic (exact) mass is 210 g/mol. The maximum Gasteiger partial charge on any atom is 0.356 e. The molecule has 0 aliphatic heterocycles. The predicted molar refractivity (Wildman–Crippen MR) is 62.3 cm³/mol. The lowest BCUT2D eigenvalue weighted by Crippen LogP contribution is -2.42. The molecule has 0 spiro atoms. The van der Waals surface area contributed by atoms with Crippen LogP contribution in [0.25, 0.3) is 0 Å². The Hall–Kier alpha value is -1.26. The molecule has 5 heteroatoms. The number of hydrogen-bond acceptors (Lipinski definition) is 2. The van der Waals surface area contributed by atoms with Crippen LogP contribution in [-0.2, 0) is 9.59 Å². The first-order valence-electron chi connectivity index (χ1n) is 5.15. The third-order valence-electron chi connectivity index (χ3n) is 1.98. The first kappa shape index (κ1) is 13.7. The molecule has 0 fully saturated rings. The highest BCUT2D eigenvalue weighted by Crippen LogP contribution is 2.10. The summed E-state index contributed by atoms with van der Waals surface area (Å²) in [5.41, 5.74) is 0. The summed E-state index contributed by atoms with van der Waals surface area (Å²) in [4.78, 5) is 22.2. The highest BCUT2D eigenvalue weighted by Gasteiger charge is 2.13. The van der Waals surface area contributed by atoms with Crippen molar-refractivity contribution in [1.29, 1.82) is 0 Å². The molecule has 4 nitrogen and oxygen atoms in total. The molecule has 15 heavy (non-hydrogen) atoms. The van der Waals surface area contributed by atoms with Gasteiger partial charge in [0, 0.05) is 5.92 Å². The summed E-state index contributed by atoms with van der Waals surface area (Å²) in [7, 11) is 0.159. The van der Waals surface area contributed by atoms with E-state index >= 15 is 0 Å². The van der Waals surface area contributed by atoms with Gasteiger partial charge in [-0.25, -0.2) is 0 Å². The lowest BCUT2D eigenvalue weighted by Gasteiger charge is -2.13. The Morgan fingerprint density at radius 3 is 2.40 bits per heavy atom. The van der Waals surface area contributed by atoms with E-state index in [1.807, 2.05) is 6.92 Å². The maximum atomic E-state index is 11.5. The number of amides is 2. The minimum absolute atomic E-state index is 0.0226. The van der Waals surface area contributed by atoms with Crippen molar-refractivity contribution in [1.82, 2.24) is 10.5 Å². The normalized spacial score (nSPS) is 11.7. The van der Waals surface area contributed by atoms with Crippen LogP contribution in [0.4, 0.5) is 0 Å². The molecule has 0 saturated carbocycles. The van der Waals surface area contributed by atoms with Crippen LogP contribution in [-0.4, -0.2) is 19.4 Å². The number of rotatable bonds is 6. The Morgan fingerprint density at radius 1 is 1.33 bits per heavy atom. The van der Waals surface area contributed by atoms with Crippen LogP contribution in [0.5, 0.6) is 0 Å². The summed E-state index contributed by atoms with van der Waals surface area (Å²) in [5.74, 6) is 0.152. The van der Waals surface area contributed by atoms with Gasteiger partial charge >= 0.3 is 7.55 Å². The van der Waals surface area contributed by atoms with Crippen molar-refractivity contribution in [3.63, 3.8) is 0 Å². The molecular weight excluding hydrogens is 191 g/mol. The second kappa shape index (κ2) is 7.09. The van der Waals surface area contributed by atoms with Crippen LogP contribution in [0.3, 0.4) is 0 Å². The first-order chi connectivity index (χ1) is 6.97. The van der Waals surface area contributed by atoms with Crippen LogP contribution in [0.1, 0.15) is 27.2 Å². The molecule has 1 unspecified atom stereocenters. The Labute approximate surface area is 91.8 Å². The lowest BCUT2D eigenvalue weighted by molar-refractivity contribution is -0.123. The Morgan fingerprint density at radius 2 is 1.93 bits per heavy atom. The molecule has 0 heterocycles. The van der Waals surface area contributed by atoms with Gasteiger partial charge in [0.15, 0.2) is 0 Å². The number of carbonyl (C=O) groups excluding carboxylic acids is 2. The minimum atomic E-state index is -0.285. The number of hydrogen-bond donors (Lipinski definition) is 2. The zero-order valence-corrected chi connectivity index (χ0v) is 9.67.